The number of amides is 1. The van der Waals surface area contributed by atoms with Gasteiger partial charge in [-0.05, 0) is 25.1 Å². The van der Waals surface area contributed by atoms with Gasteiger partial charge in [0.15, 0.2) is 11.5 Å². The monoisotopic (exact) mass is 295 g/mol. The van der Waals surface area contributed by atoms with E-state index in [0.29, 0.717) is 30.1 Å². The minimum atomic E-state index is -1.01. The average Bonchev–Trinajstić information content (AvgIpc) is 2.84. The lowest BCUT2D eigenvalue weighted by Gasteiger charge is -2.26. The van der Waals surface area contributed by atoms with Crippen LogP contribution in [0.5, 0.6) is 11.5 Å². The zero-order valence-corrected chi connectivity index (χ0v) is 12.5. The Morgan fingerprint density at radius 2 is 2.14 bits per heavy atom. The summed E-state index contributed by atoms with van der Waals surface area (Å²) in [6, 6.07) is 4.92. The zero-order chi connectivity index (χ0) is 15.5. The van der Waals surface area contributed by atoms with Crippen LogP contribution in [-0.2, 0) is 4.74 Å². The summed E-state index contributed by atoms with van der Waals surface area (Å²) in [6.07, 6.45) is 0.226. The first-order valence-corrected chi connectivity index (χ1v) is 6.84. The van der Waals surface area contributed by atoms with Gasteiger partial charge < -0.3 is 24.6 Å². The Hall–Kier alpha value is -1.79. The van der Waals surface area contributed by atoms with Gasteiger partial charge in [0.25, 0.3) is 5.91 Å². The lowest BCUT2D eigenvalue weighted by atomic mass is 9.96. The second kappa shape index (κ2) is 6.32. The van der Waals surface area contributed by atoms with Gasteiger partial charge in [0, 0.05) is 25.1 Å². The van der Waals surface area contributed by atoms with Crippen LogP contribution in [0.15, 0.2) is 18.2 Å². The second-order valence-electron chi connectivity index (χ2n) is 5.12. The highest BCUT2D eigenvalue weighted by molar-refractivity contribution is 5.94. The third-order valence-electron chi connectivity index (χ3n) is 3.86. The van der Waals surface area contributed by atoms with Crippen LogP contribution in [0.25, 0.3) is 0 Å². The van der Waals surface area contributed by atoms with Crippen molar-refractivity contribution < 1.29 is 24.1 Å². The molecule has 0 radical (unpaired) electrons. The fourth-order valence-electron chi connectivity index (χ4n) is 2.32. The van der Waals surface area contributed by atoms with Crippen LogP contribution in [0.2, 0.25) is 0 Å². The third kappa shape index (κ3) is 3.28. The van der Waals surface area contributed by atoms with Gasteiger partial charge in [-0.25, -0.2) is 0 Å². The lowest BCUT2D eigenvalue weighted by molar-refractivity contribution is -0.0251. The molecule has 1 aliphatic heterocycles. The van der Waals surface area contributed by atoms with E-state index in [1.165, 1.54) is 14.2 Å². The second-order valence-corrected chi connectivity index (χ2v) is 5.12. The molecule has 0 spiro atoms. The fourth-order valence-corrected chi connectivity index (χ4v) is 2.32. The quantitative estimate of drug-likeness (QED) is 0.846. The SMILES string of the molecule is COc1ccc(C(=O)NCC2(O)CCOC2C)cc1OC. The molecule has 2 unspecified atom stereocenters. The van der Waals surface area contributed by atoms with Crippen LogP contribution in [-0.4, -0.2) is 50.1 Å². The van der Waals surface area contributed by atoms with Crippen molar-refractivity contribution in [3.63, 3.8) is 0 Å². The summed E-state index contributed by atoms with van der Waals surface area (Å²) < 4.78 is 15.6. The zero-order valence-electron chi connectivity index (χ0n) is 12.5. The molecular formula is C15H21NO5. The molecule has 1 amide bonds. The number of carbonyl (C=O) groups is 1. The van der Waals surface area contributed by atoms with E-state index in [0.717, 1.165) is 0 Å². The molecule has 1 aliphatic rings. The van der Waals surface area contributed by atoms with Gasteiger partial charge in [-0.1, -0.05) is 0 Å². The molecule has 1 aromatic carbocycles. The number of hydrogen-bond acceptors (Lipinski definition) is 5. The largest absolute Gasteiger partial charge is 0.493 e. The van der Waals surface area contributed by atoms with Crippen molar-refractivity contribution in [3.8, 4) is 11.5 Å². The molecule has 1 heterocycles. The Balaban J connectivity index is 2.03. The number of benzene rings is 1. The van der Waals surface area contributed by atoms with Crippen molar-refractivity contribution >= 4 is 5.91 Å². The summed E-state index contributed by atoms with van der Waals surface area (Å²) in [5.74, 6) is 0.774. The Labute approximate surface area is 124 Å². The highest BCUT2D eigenvalue weighted by atomic mass is 16.5. The summed E-state index contributed by atoms with van der Waals surface area (Å²) in [7, 11) is 3.05. The van der Waals surface area contributed by atoms with E-state index < -0.39 is 5.60 Å². The minimum absolute atomic E-state index is 0.154. The number of aliphatic hydroxyl groups is 1. The molecule has 21 heavy (non-hydrogen) atoms. The first kappa shape index (κ1) is 15.6. The van der Waals surface area contributed by atoms with Crippen LogP contribution in [0, 0.1) is 0 Å². The van der Waals surface area contributed by atoms with Gasteiger partial charge >= 0.3 is 0 Å². The van der Waals surface area contributed by atoms with Crippen LogP contribution < -0.4 is 14.8 Å². The number of carbonyl (C=O) groups excluding carboxylic acids is 1. The molecule has 1 fully saturated rings. The molecule has 0 saturated carbocycles. The van der Waals surface area contributed by atoms with Crippen LogP contribution in [0.1, 0.15) is 23.7 Å². The molecule has 2 N–H and O–H groups in total. The van der Waals surface area contributed by atoms with Crippen molar-refractivity contribution in [2.45, 2.75) is 25.0 Å². The third-order valence-corrected chi connectivity index (χ3v) is 3.86. The van der Waals surface area contributed by atoms with Gasteiger partial charge in [-0.2, -0.15) is 0 Å². The summed E-state index contributed by atoms with van der Waals surface area (Å²) in [4.78, 5) is 12.2. The topological polar surface area (TPSA) is 77.0 Å². The molecule has 0 aromatic heterocycles. The van der Waals surface area contributed by atoms with E-state index >= 15 is 0 Å². The highest BCUT2D eigenvalue weighted by Gasteiger charge is 2.39. The van der Waals surface area contributed by atoms with Crippen molar-refractivity contribution in [2.75, 3.05) is 27.4 Å². The molecule has 0 bridgehead atoms. The van der Waals surface area contributed by atoms with Crippen LogP contribution >= 0.6 is 0 Å². The van der Waals surface area contributed by atoms with E-state index in [1.807, 2.05) is 0 Å². The Morgan fingerprint density at radius 3 is 2.71 bits per heavy atom. The molecule has 2 rings (SSSR count). The molecule has 2 atom stereocenters. The van der Waals surface area contributed by atoms with Crippen LogP contribution in [0.4, 0.5) is 0 Å². The van der Waals surface area contributed by atoms with Crippen LogP contribution in [0.3, 0.4) is 0 Å². The van der Waals surface area contributed by atoms with E-state index in [2.05, 4.69) is 5.32 Å². The van der Waals surface area contributed by atoms with Gasteiger partial charge in [0.1, 0.15) is 5.60 Å². The van der Waals surface area contributed by atoms with Gasteiger partial charge in [0.05, 0.1) is 20.3 Å². The van der Waals surface area contributed by atoms with E-state index in [1.54, 1.807) is 25.1 Å². The first-order valence-electron chi connectivity index (χ1n) is 6.84. The average molecular weight is 295 g/mol. The standard InChI is InChI=1S/C15H21NO5/c1-10-15(18,6-7-21-10)9-16-14(17)11-4-5-12(19-2)13(8-11)20-3/h4-5,8,10,18H,6-7,9H2,1-3H3,(H,16,17). The number of nitrogens with one attached hydrogen (secondary N) is 1. The van der Waals surface area contributed by atoms with Gasteiger partial charge in [-0.15, -0.1) is 0 Å². The maximum absolute atomic E-state index is 12.2. The molecular weight excluding hydrogens is 274 g/mol. The summed E-state index contributed by atoms with van der Waals surface area (Å²) >= 11 is 0. The Morgan fingerprint density at radius 1 is 1.43 bits per heavy atom. The molecule has 6 nitrogen and oxygen atoms in total. The Kier molecular flexibility index (Phi) is 4.69. The highest BCUT2D eigenvalue weighted by Crippen LogP contribution is 2.28. The van der Waals surface area contributed by atoms with Crippen molar-refractivity contribution in [3.05, 3.63) is 23.8 Å². The predicted octanol–water partition coefficient (Wildman–Crippen LogP) is 0.973. The number of methoxy groups -OCH3 is 2. The molecule has 1 aromatic rings. The maximum atomic E-state index is 12.2. The summed E-state index contributed by atoms with van der Waals surface area (Å²) in [5, 5.41) is 13.1. The Bertz CT molecular complexity index is 519. The number of rotatable bonds is 5. The van der Waals surface area contributed by atoms with Gasteiger partial charge in [0.2, 0.25) is 0 Å². The number of hydrogen-bond donors (Lipinski definition) is 2. The summed E-state index contributed by atoms with van der Waals surface area (Å²) in [5.41, 5.74) is -0.561. The summed E-state index contributed by atoms with van der Waals surface area (Å²) in [6.45, 7) is 2.46. The predicted molar refractivity (Wildman–Crippen MR) is 76.9 cm³/mol. The van der Waals surface area contributed by atoms with Crippen molar-refractivity contribution in [2.24, 2.45) is 0 Å². The maximum Gasteiger partial charge on any atom is 0.251 e. The normalized spacial score (nSPS) is 24.7. The molecule has 1 saturated heterocycles. The molecule has 6 heteroatoms. The van der Waals surface area contributed by atoms with Gasteiger partial charge in [-0.3, -0.25) is 4.79 Å². The van der Waals surface area contributed by atoms with Crippen molar-refractivity contribution in [1.82, 2.24) is 5.32 Å². The van der Waals surface area contributed by atoms with E-state index in [4.69, 9.17) is 14.2 Å². The van der Waals surface area contributed by atoms with E-state index in [-0.39, 0.29) is 18.6 Å². The lowest BCUT2D eigenvalue weighted by Crippen LogP contribution is -2.47. The molecule has 116 valence electrons. The smallest absolute Gasteiger partial charge is 0.251 e. The fraction of sp³-hybridized carbons (Fsp3) is 0.533. The molecule has 0 aliphatic carbocycles. The first-order chi connectivity index (χ1) is 10.00. The van der Waals surface area contributed by atoms with Crippen molar-refractivity contribution in [1.29, 1.82) is 0 Å². The minimum Gasteiger partial charge on any atom is -0.493 e. The van der Waals surface area contributed by atoms with E-state index in [9.17, 15) is 9.90 Å². The number of ether oxygens (including phenoxy) is 3.